The molecule has 0 radical (unpaired) electrons. The third-order valence-corrected chi connectivity index (χ3v) is 2.68. The van der Waals surface area contributed by atoms with Crippen molar-refractivity contribution in [2.45, 2.75) is 19.8 Å². The number of benzene rings is 1. The summed E-state index contributed by atoms with van der Waals surface area (Å²) in [6.45, 7) is 1.79. The summed E-state index contributed by atoms with van der Waals surface area (Å²) in [4.78, 5) is 22.2. The van der Waals surface area contributed by atoms with Gasteiger partial charge in [0, 0.05) is 11.6 Å². The molecular weight excluding hydrogens is 206 g/mol. The number of aryl methyl sites for hydroxylation is 1. The number of hydrogen-bond acceptors (Lipinski definition) is 2. The third-order valence-electron chi connectivity index (χ3n) is 2.68. The van der Waals surface area contributed by atoms with Crippen molar-refractivity contribution in [3.05, 3.63) is 29.3 Å². The van der Waals surface area contributed by atoms with E-state index in [2.05, 4.69) is 5.32 Å². The maximum Gasteiger partial charge on any atom is 0.335 e. The first kappa shape index (κ1) is 10.7. The molecule has 2 rings (SSSR count). The number of hydrogen-bond donors (Lipinski definition) is 2. The molecule has 1 saturated carbocycles. The topological polar surface area (TPSA) is 66.4 Å². The van der Waals surface area contributed by atoms with E-state index in [1.807, 2.05) is 0 Å². The van der Waals surface area contributed by atoms with E-state index in [1.54, 1.807) is 19.1 Å². The number of rotatable bonds is 3. The molecule has 0 spiro atoms. The summed E-state index contributed by atoms with van der Waals surface area (Å²) in [6.07, 6.45) is 1.91. The smallest absolute Gasteiger partial charge is 0.335 e. The van der Waals surface area contributed by atoms with Gasteiger partial charge in [0.25, 0.3) is 0 Å². The molecule has 0 bridgehead atoms. The first-order valence-electron chi connectivity index (χ1n) is 5.23. The summed E-state index contributed by atoms with van der Waals surface area (Å²) >= 11 is 0. The molecule has 4 nitrogen and oxygen atoms in total. The van der Waals surface area contributed by atoms with Gasteiger partial charge in [-0.1, -0.05) is 0 Å². The van der Waals surface area contributed by atoms with Crippen LogP contribution in [-0.4, -0.2) is 17.0 Å². The molecule has 1 amide bonds. The summed E-state index contributed by atoms with van der Waals surface area (Å²) in [5.74, 6) is -0.770. The largest absolute Gasteiger partial charge is 0.478 e. The third kappa shape index (κ3) is 2.21. The fourth-order valence-electron chi connectivity index (χ4n) is 1.52. The molecule has 0 aliphatic heterocycles. The number of carbonyl (C=O) groups is 2. The Morgan fingerprint density at radius 2 is 2.06 bits per heavy atom. The second-order valence-corrected chi connectivity index (χ2v) is 4.10. The van der Waals surface area contributed by atoms with Crippen LogP contribution in [0.25, 0.3) is 0 Å². The fraction of sp³-hybridized carbons (Fsp3) is 0.333. The molecule has 1 aliphatic rings. The summed E-state index contributed by atoms with van der Waals surface area (Å²) in [5.41, 5.74) is 1.71. The normalized spacial score (nSPS) is 14.6. The minimum atomic E-state index is -0.955. The van der Waals surface area contributed by atoms with Crippen LogP contribution < -0.4 is 5.32 Å². The van der Waals surface area contributed by atoms with Gasteiger partial charge in [-0.25, -0.2) is 4.79 Å². The average molecular weight is 219 g/mol. The van der Waals surface area contributed by atoms with Crippen LogP contribution in [0.15, 0.2) is 18.2 Å². The van der Waals surface area contributed by atoms with Gasteiger partial charge in [0.05, 0.1) is 5.56 Å². The van der Waals surface area contributed by atoms with E-state index < -0.39 is 5.97 Å². The van der Waals surface area contributed by atoms with Gasteiger partial charge in [-0.05, 0) is 43.5 Å². The van der Waals surface area contributed by atoms with E-state index in [9.17, 15) is 9.59 Å². The maximum absolute atomic E-state index is 11.5. The molecular formula is C12H13NO3. The second kappa shape index (κ2) is 3.96. The lowest BCUT2D eigenvalue weighted by molar-refractivity contribution is -0.117. The molecule has 0 heterocycles. The zero-order chi connectivity index (χ0) is 11.7. The van der Waals surface area contributed by atoms with Crippen LogP contribution >= 0.6 is 0 Å². The van der Waals surface area contributed by atoms with Gasteiger partial charge in [0.2, 0.25) is 5.91 Å². The summed E-state index contributed by atoms with van der Waals surface area (Å²) in [7, 11) is 0. The van der Waals surface area contributed by atoms with Crippen LogP contribution in [-0.2, 0) is 4.79 Å². The standard InChI is InChI=1S/C12H13NO3/c1-7-6-9(12(15)16)4-5-10(7)13-11(14)8-2-3-8/h4-6,8H,2-3H2,1H3,(H,13,14)(H,15,16). The Morgan fingerprint density at radius 1 is 1.38 bits per heavy atom. The highest BCUT2D eigenvalue weighted by molar-refractivity contribution is 5.95. The van der Waals surface area contributed by atoms with Crippen molar-refractivity contribution in [3.63, 3.8) is 0 Å². The minimum Gasteiger partial charge on any atom is -0.478 e. The Hall–Kier alpha value is -1.84. The van der Waals surface area contributed by atoms with E-state index >= 15 is 0 Å². The van der Waals surface area contributed by atoms with Crippen LogP contribution in [0.5, 0.6) is 0 Å². The SMILES string of the molecule is Cc1cc(C(=O)O)ccc1NC(=O)C1CC1. The van der Waals surface area contributed by atoms with Crippen molar-refractivity contribution in [2.24, 2.45) is 5.92 Å². The van der Waals surface area contributed by atoms with Gasteiger partial charge in [-0.3, -0.25) is 4.79 Å². The number of carboxylic acids is 1. The van der Waals surface area contributed by atoms with Gasteiger partial charge in [0.15, 0.2) is 0 Å². The van der Waals surface area contributed by atoms with E-state index in [-0.39, 0.29) is 17.4 Å². The first-order valence-corrected chi connectivity index (χ1v) is 5.23. The highest BCUT2D eigenvalue weighted by atomic mass is 16.4. The van der Waals surface area contributed by atoms with Crippen LogP contribution in [0.3, 0.4) is 0 Å². The van der Waals surface area contributed by atoms with Crippen molar-refractivity contribution < 1.29 is 14.7 Å². The molecule has 16 heavy (non-hydrogen) atoms. The minimum absolute atomic E-state index is 0.0335. The Bertz CT molecular complexity index is 450. The van der Waals surface area contributed by atoms with Crippen molar-refractivity contribution in [1.82, 2.24) is 0 Å². The molecule has 1 aromatic carbocycles. The molecule has 0 saturated heterocycles. The average Bonchev–Trinajstić information content (AvgIpc) is 3.03. The number of aromatic carboxylic acids is 1. The fourth-order valence-corrected chi connectivity index (χ4v) is 1.52. The van der Waals surface area contributed by atoms with Crippen LogP contribution in [0.1, 0.15) is 28.8 Å². The quantitative estimate of drug-likeness (QED) is 0.817. The zero-order valence-corrected chi connectivity index (χ0v) is 8.99. The number of carboxylic acid groups (broad SMARTS) is 1. The zero-order valence-electron chi connectivity index (χ0n) is 8.99. The van der Waals surface area contributed by atoms with Crippen molar-refractivity contribution in [2.75, 3.05) is 5.32 Å². The molecule has 0 unspecified atom stereocenters. The summed E-state index contributed by atoms with van der Waals surface area (Å²) in [6, 6.07) is 4.70. The lowest BCUT2D eigenvalue weighted by Crippen LogP contribution is -2.14. The Morgan fingerprint density at radius 3 is 2.56 bits per heavy atom. The molecule has 0 atom stereocenters. The Kier molecular flexibility index (Phi) is 2.64. The monoisotopic (exact) mass is 219 g/mol. The summed E-state index contributed by atoms with van der Waals surface area (Å²) < 4.78 is 0. The number of carbonyl (C=O) groups excluding carboxylic acids is 1. The van der Waals surface area contributed by atoms with E-state index in [4.69, 9.17) is 5.11 Å². The summed E-state index contributed by atoms with van der Waals surface area (Å²) in [5, 5.41) is 11.6. The van der Waals surface area contributed by atoms with E-state index in [0.717, 1.165) is 18.4 Å². The van der Waals surface area contributed by atoms with Crippen LogP contribution in [0, 0.1) is 12.8 Å². The molecule has 1 fully saturated rings. The molecule has 2 N–H and O–H groups in total. The van der Waals surface area contributed by atoms with Gasteiger partial charge in [-0.2, -0.15) is 0 Å². The molecule has 4 heteroatoms. The molecule has 0 aromatic heterocycles. The lowest BCUT2D eigenvalue weighted by atomic mass is 10.1. The van der Waals surface area contributed by atoms with E-state index in [0.29, 0.717) is 5.69 Å². The predicted molar refractivity (Wildman–Crippen MR) is 59.5 cm³/mol. The second-order valence-electron chi connectivity index (χ2n) is 4.10. The predicted octanol–water partition coefficient (Wildman–Crippen LogP) is 2.04. The van der Waals surface area contributed by atoms with Crippen molar-refractivity contribution >= 4 is 17.6 Å². The van der Waals surface area contributed by atoms with Crippen LogP contribution in [0.4, 0.5) is 5.69 Å². The van der Waals surface area contributed by atoms with Gasteiger partial charge in [0.1, 0.15) is 0 Å². The van der Waals surface area contributed by atoms with Crippen LogP contribution in [0.2, 0.25) is 0 Å². The number of anilines is 1. The van der Waals surface area contributed by atoms with Gasteiger partial charge < -0.3 is 10.4 Å². The highest BCUT2D eigenvalue weighted by Gasteiger charge is 2.29. The molecule has 84 valence electrons. The Balaban J connectivity index is 2.15. The maximum atomic E-state index is 11.5. The van der Waals surface area contributed by atoms with Crippen molar-refractivity contribution in [1.29, 1.82) is 0 Å². The first-order chi connectivity index (χ1) is 7.58. The highest BCUT2D eigenvalue weighted by Crippen LogP contribution is 2.30. The van der Waals surface area contributed by atoms with Gasteiger partial charge in [-0.15, -0.1) is 0 Å². The van der Waals surface area contributed by atoms with E-state index in [1.165, 1.54) is 6.07 Å². The number of amides is 1. The van der Waals surface area contributed by atoms with Crippen molar-refractivity contribution in [3.8, 4) is 0 Å². The molecule has 1 aromatic rings. The lowest BCUT2D eigenvalue weighted by Gasteiger charge is -2.08. The molecule has 1 aliphatic carbocycles. The van der Waals surface area contributed by atoms with Gasteiger partial charge >= 0.3 is 5.97 Å². The Labute approximate surface area is 93.3 Å². The number of nitrogens with one attached hydrogen (secondary N) is 1.